The van der Waals surface area contributed by atoms with E-state index in [-0.39, 0.29) is 5.97 Å². The van der Waals surface area contributed by atoms with E-state index < -0.39 is 0 Å². The number of ether oxygens (including phenoxy) is 1. The third-order valence-electron chi connectivity index (χ3n) is 1.19. The van der Waals surface area contributed by atoms with Crippen LogP contribution in [-0.4, -0.2) is 5.97 Å². The second-order valence-corrected chi connectivity index (χ2v) is 3.17. The molecule has 4 heteroatoms. The standard InChI is InChI=1S/C8H7ClO2S/c1-6(10)11-7-4-2-3-5-8(7)12-9/h2-5H,1H3. The maximum atomic E-state index is 10.6. The fourth-order valence-corrected chi connectivity index (χ4v) is 1.45. The van der Waals surface area contributed by atoms with Crippen LogP contribution in [0.1, 0.15) is 6.92 Å². The third-order valence-corrected chi connectivity index (χ3v) is 2.19. The lowest BCUT2D eigenvalue weighted by Crippen LogP contribution is -2.01. The fraction of sp³-hybridized carbons (Fsp3) is 0.125. The van der Waals surface area contributed by atoms with Crippen molar-refractivity contribution < 1.29 is 9.53 Å². The highest BCUT2D eigenvalue weighted by molar-refractivity contribution is 8.21. The summed E-state index contributed by atoms with van der Waals surface area (Å²) in [4.78, 5) is 11.4. The first-order valence-electron chi connectivity index (χ1n) is 3.30. The molecule has 0 aliphatic rings. The van der Waals surface area contributed by atoms with Gasteiger partial charge >= 0.3 is 5.97 Å². The van der Waals surface area contributed by atoms with Crippen LogP contribution in [0, 0.1) is 0 Å². The molecule has 0 bridgehead atoms. The lowest BCUT2D eigenvalue weighted by atomic mass is 10.3. The van der Waals surface area contributed by atoms with Gasteiger partial charge in [0.15, 0.2) is 0 Å². The Kier molecular flexibility index (Phi) is 3.44. The van der Waals surface area contributed by atoms with Gasteiger partial charge in [-0.3, -0.25) is 4.79 Å². The zero-order chi connectivity index (χ0) is 8.97. The first-order chi connectivity index (χ1) is 5.74. The van der Waals surface area contributed by atoms with Gasteiger partial charge in [0.2, 0.25) is 0 Å². The molecule has 0 saturated carbocycles. The van der Waals surface area contributed by atoms with Gasteiger partial charge in [-0.25, -0.2) is 0 Å². The minimum atomic E-state index is -0.340. The largest absolute Gasteiger partial charge is 0.425 e. The van der Waals surface area contributed by atoms with Crippen molar-refractivity contribution in [2.75, 3.05) is 0 Å². The molecule has 0 N–H and O–H groups in total. The molecule has 1 aromatic carbocycles. The second-order valence-electron chi connectivity index (χ2n) is 2.12. The normalized spacial score (nSPS) is 9.50. The molecule has 64 valence electrons. The number of carbonyl (C=O) groups is 1. The molecule has 12 heavy (non-hydrogen) atoms. The Morgan fingerprint density at radius 1 is 1.50 bits per heavy atom. The molecular formula is C8H7ClO2S. The summed E-state index contributed by atoms with van der Waals surface area (Å²) in [6.45, 7) is 1.36. The first-order valence-corrected chi connectivity index (χ1v) is 4.94. The van der Waals surface area contributed by atoms with Crippen LogP contribution in [0.3, 0.4) is 0 Å². The number of halogens is 1. The minimum absolute atomic E-state index is 0.340. The summed E-state index contributed by atoms with van der Waals surface area (Å²) in [6.07, 6.45) is 0. The topological polar surface area (TPSA) is 26.3 Å². The van der Waals surface area contributed by atoms with E-state index in [1.807, 2.05) is 6.07 Å². The average Bonchev–Trinajstić information content (AvgIpc) is 2.04. The van der Waals surface area contributed by atoms with Crippen LogP contribution in [-0.2, 0) is 4.79 Å². The average molecular weight is 203 g/mol. The molecule has 0 aromatic heterocycles. The highest BCUT2D eigenvalue weighted by Crippen LogP contribution is 2.31. The molecule has 2 nitrogen and oxygen atoms in total. The second kappa shape index (κ2) is 4.38. The fourth-order valence-electron chi connectivity index (χ4n) is 0.753. The Bertz CT molecular complexity index is 288. The zero-order valence-corrected chi connectivity index (χ0v) is 7.98. The van der Waals surface area contributed by atoms with E-state index >= 15 is 0 Å². The van der Waals surface area contributed by atoms with E-state index in [9.17, 15) is 4.79 Å². The summed E-state index contributed by atoms with van der Waals surface area (Å²) in [5.41, 5.74) is 0. The molecule has 0 spiro atoms. The van der Waals surface area contributed by atoms with Crippen molar-refractivity contribution in [3.63, 3.8) is 0 Å². The monoisotopic (exact) mass is 202 g/mol. The van der Waals surface area contributed by atoms with E-state index in [0.717, 1.165) is 15.9 Å². The predicted octanol–water partition coefficient (Wildman–Crippen LogP) is 2.86. The summed E-state index contributed by atoms with van der Waals surface area (Å²) in [5, 5.41) is 0. The molecule has 0 fully saturated rings. The Morgan fingerprint density at radius 3 is 2.75 bits per heavy atom. The van der Waals surface area contributed by atoms with Gasteiger partial charge in [-0.1, -0.05) is 12.1 Å². The van der Waals surface area contributed by atoms with E-state index in [1.54, 1.807) is 18.2 Å². The molecular weight excluding hydrogens is 196 g/mol. The molecule has 0 radical (unpaired) electrons. The molecule has 0 amide bonds. The lowest BCUT2D eigenvalue weighted by Gasteiger charge is -2.03. The number of benzene rings is 1. The van der Waals surface area contributed by atoms with Crippen LogP contribution in [0.2, 0.25) is 0 Å². The van der Waals surface area contributed by atoms with Crippen molar-refractivity contribution in [2.45, 2.75) is 11.8 Å². The number of rotatable bonds is 2. The van der Waals surface area contributed by atoms with Crippen molar-refractivity contribution in [1.29, 1.82) is 0 Å². The Balaban J connectivity index is 2.89. The zero-order valence-electron chi connectivity index (χ0n) is 6.41. The van der Waals surface area contributed by atoms with E-state index in [4.69, 9.17) is 15.4 Å². The van der Waals surface area contributed by atoms with Gasteiger partial charge in [0.1, 0.15) is 5.75 Å². The van der Waals surface area contributed by atoms with Gasteiger partial charge in [0, 0.05) is 6.92 Å². The molecule has 0 aliphatic heterocycles. The van der Waals surface area contributed by atoms with Gasteiger partial charge in [-0.2, -0.15) is 0 Å². The van der Waals surface area contributed by atoms with Crippen molar-refractivity contribution in [3.8, 4) is 5.75 Å². The van der Waals surface area contributed by atoms with E-state index in [2.05, 4.69) is 0 Å². The number of hydrogen-bond acceptors (Lipinski definition) is 3. The van der Waals surface area contributed by atoms with Crippen LogP contribution in [0.15, 0.2) is 29.2 Å². The Hall–Kier alpha value is -0.670. The number of hydrogen-bond donors (Lipinski definition) is 0. The highest BCUT2D eigenvalue weighted by atomic mass is 35.7. The van der Waals surface area contributed by atoms with Crippen LogP contribution < -0.4 is 4.74 Å². The highest BCUT2D eigenvalue weighted by Gasteiger charge is 2.03. The maximum Gasteiger partial charge on any atom is 0.308 e. The summed E-state index contributed by atoms with van der Waals surface area (Å²) < 4.78 is 4.89. The van der Waals surface area contributed by atoms with Gasteiger partial charge in [-0.05, 0) is 33.8 Å². The van der Waals surface area contributed by atoms with E-state index in [0.29, 0.717) is 5.75 Å². The van der Waals surface area contributed by atoms with Gasteiger partial charge in [0.25, 0.3) is 0 Å². The third kappa shape index (κ3) is 2.43. The Labute approximate surface area is 79.4 Å². The van der Waals surface area contributed by atoms with Gasteiger partial charge in [-0.15, -0.1) is 0 Å². The van der Waals surface area contributed by atoms with Gasteiger partial charge in [0.05, 0.1) is 4.90 Å². The molecule has 0 saturated heterocycles. The predicted molar refractivity (Wildman–Crippen MR) is 49.5 cm³/mol. The number of esters is 1. The van der Waals surface area contributed by atoms with Crippen LogP contribution in [0.5, 0.6) is 5.75 Å². The van der Waals surface area contributed by atoms with Crippen molar-refractivity contribution in [3.05, 3.63) is 24.3 Å². The van der Waals surface area contributed by atoms with Crippen LogP contribution in [0.25, 0.3) is 0 Å². The first kappa shape index (κ1) is 9.42. The lowest BCUT2D eigenvalue weighted by molar-refractivity contribution is -0.132. The molecule has 0 atom stereocenters. The SMILES string of the molecule is CC(=O)Oc1ccccc1SCl. The molecule has 1 rings (SSSR count). The Morgan fingerprint density at radius 2 is 2.17 bits per heavy atom. The maximum absolute atomic E-state index is 10.6. The number of carbonyl (C=O) groups excluding carboxylic acids is 1. The quantitative estimate of drug-likeness (QED) is 0.545. The van der Waals surface area contributed by atoms with Crippen molar-refractivity contribution in [2.24, 2.45) is 0 Å². The smallest absolute Gasteiger partial charge is 0.308 e. The van der Waals surface area contributed by atoms with Crippen molar-refractivity contribution in [1.82, 2.24) is 0 Å². The van der Waals surface area contributed by atoms with Gasteiger partial charge < -0.3 is 4.74 Å². The minimum Gasteiger partial charge on any atom is -0.425 e. The molecule has 0 aliphatic carbocycles. The van der Waals surface area contributed by atoms with Crippen molar-refractivity contribution >= 4 is 27.6 Å². The summed E-state index contributed by atoms with van der Waals surface area (Å²) >= 11 is 0. The van der Waals surface area contributed by atoms with E-state index in [1.165, 1.54) is 6.92 Å². The molecule has 1 aromatic rings. The van der Waals surface area contributed by atoms with Crippen LogP contribution >= 0.6 is 21.7 Å². The molecule has 0 heterocycles. The number of para-hydroxylation sites is 1. The summed E-state index contributed by atoms with van der Waals surface area (Å²) in [7, 11) is 6.57. The molecule has 0 unspecified atom stereocenters. The summed E-state index contributed by atoms with van der Waals surface area (Å²) in [5.74, 6) is 0.165. The van der Waals surface area contributed by atoms with Crippen LogP contribution in [0.4, 0.5) is 0 Å². The summed E-state index contributed by atoms with van der Waals surface area (Å²) in [6, 6.07) is 7.11.